The number of rotatable bonds is 7. The highest BCUT2D eigenvalue weighted by atomic mass is 19.1. The van der Waals surface area contributed by atoms with E-state index in [0.29, 0.717) is 5.75 Å². The third-order valence-electron chi connectivity index (χ3n) is 2.58. The molecule has 0 amide bonds. The van der Waals surface area contributed by atoms with Gasteiger partial charge in [0, 0.05) is 6.04 Å². The minimum Gasteiger partial charge on any atom is -0.494 e. The average molecular weight is 240 g/mol. The Labute approximate surface area is 102 Å². The van der Waals surface area contributed by atoms with Crippen LogP contribution in [0, 0.1) is 5.82 Å². The van der Waals surface area contributed by atoms with E-state index >= 15 is 0 Å². The molecule has 0 radical (unpaired) electrons. The molecule has 0 aliphatic heterocycles. The first kappa shape index (κ1) is 13.9. The van der Waals surface area contributed by atoms with Crippen molar-refractivity contribution in [2.75, 3.05) is 20.2 Å². The summed E-state index contributed by atoms with van der Waals surface area (Å²) in [5.74, 6) is -0.0146. The number of halogens is 1. The van der Waals surface area contributed by atoms with E-state index in [1.807, 2.05) is 13.0 Å². The fraction of sp³-hybridized carbons (Fsp3) is 0.538. The van der Waals surface area contributed by atoms with E-state index < -0.39 is 0 Å². The Morgan fingerprint density at radius 2 is 2.18 bits per heavy atom. The highest BCUT2D eigenvalue weighted by Gasteiger charge is 2.03. The molecule has 1 unspecified atom stereocenters. The largest absolute Gasteiger partial charge is 0.494 e. The maximum atomic E-state index is 13.4. The molecule has 0 spiro atoms. The van der Waals surface area contributed by atoms with Gasteiger partial charge >= 0.3 is 0 Å². The van der Waals surface area contributed by atoms with Crippen LogP contribution in [0.3, 0.4) is 0 Å². The zero-order valence-electron chi connectivity index (χ0n) is 10.5. The van der Waals surface area contributed by atoms with Gasteiger partial charge in [0.15, 0.2) is 11.6 Å². The molecular formula is C13H21FN2O. The molecule has 0 aliphatic rings. The third-order valence-corrected chi connectivity index (χ3v) is 2.58. The Hall–Kier alpha value is -1.13. The van der Waals surface area contributed by atoms with E-state index in [-0.39, 0.29) is 11.9 Å². The summed E-state index contributed by atoms with van der Waals surface area (Å²) in [5, 5.41) is 3.28. The maximum Gasteiger partial charge on any atom is 0.165 e. The number of hydrogen-bond acceptors (Lipinski definition) is 3. The predicted octanol–water partition coefficient (Wildman–Crippen LogP) is 1.70. The fourth-order valence-electron chi connectivity index (χ4n) is 1.55. The summed E-state index contributed by atoms with van der Waals surface area (Å²) in [6.45, 7) is 3.72. The van der Waals surface area contributed by atoms with Gasteiger partial charge in [-0.2, -0.15) is 0 Å². The molecule has 3 nitrogen and oxygen atoms in total. The Balaban J connectivity index is 2.30. The second kappa shape index (κ2) is 7.25. The van der Waals surface area contributed by atoms with Crippen LogP contribution in [0.4, 0.5) is 4.39 Å². The Morgan fingerprint density at radius 3 is 2.76 bits per heavy atom. The van der Waals surface area contributed by atoms with E-state index in [9.17, 15) is 4.39 Å². The molecule has 1 aromatic rings. The molecule has 0 aromatic heterocycles. The van der Waals surface area contributed by atoms with Gasteiger partial charge in [-0.05, 0) is 50.6 Å². The van der Waals surface area contributed by atoms with E-state index in [4.69, 9.17) is 10.5 Å². The van der Waals surface area contributed by atoms with Gasteiger partial charge in [-0.15, -0.1) is 0 Å². The Bertz CT molecular complexity index is 342. The maximum absolute atomic E-state index is 13.4. The lowest BCUT2D eigenvalue weighted by molar-refractivity contribution is 0.386. The summed E-state index contributed by atoms with van der Waals surface area (Å²) in [7, 11) is 1.47. The van der Waals surface area contributed by atoms with Gasteiger partial charge < -0.3 is 15.8 Å². The zero-order valence-corrected chi connectivity index (χ0v) is 10.5. The summed E-state index contributed by atoms with van der Waals surface area (Å²) in [5.41, 5.74) is 6.60. The van der Waals surface area contributed by atoms with Crippen LogP contribution in [0.1, 0.15) is 18.9 Å². The van der Waals surface area contributed by atoms with Crippen LogP contribution in [-0.2, 0) is 6.42 Å². The van der Waals surface area contributed by atoms with Crippen LogP contribution in [0.25, 0.3) is 0 Å². The third kappa shape index (κ3) is 5.15. The molecule has 0 bridgehead atoms. The molecule has 0 heterocycles. The lowest BCUT2D eigenvalue weighted by Crippen LogP contribution is -2.25. The molecule has 1 atom stereocenters. The first-order chi connectivity index (χ1) is 8.13. The number of nitrogens with one attached hydrogen (secondary N) is 1. The van der Waals surface area contributed by atoms with Crippen molar-refractivity contribution in [1.29, 1.82) is 0 Å². The summed E-state index contributed by atoms with van der Waals surface area (Å²) in [6.07, 6.45) is 1.76. The predicted molar refractivity (Wildman–Crippen MR) is 67.8 cm³/mol. The quantitative estimate of drug-likeness (QED) is 0.713. The van der Waals surface area contributed by atoms with Gasteiger partial charge in [0.05, 0.1) is 7.11 Å². The monoisotopic (exact) mass is 240 g/mol. The molecule has 3 N–H and O–H groups in total. The first-order valence-electron chi connectivity index (χ1n) is 5.92. The average Bonchev–Trinajstić information content (AvgIpc) is 2.28. The van der Waals surface area contributed by atoms with Crippen molar-refractivity contribution in [3.05, 3.63) is 29.6 Å². The Kier molecular flexibility index (Phi) is 5.94. The van der Waals surface area contributed by atoms with E-state index in [1.54, 1.807) is 6.07 Å². The van der Waals surface area contributed by atoms with Crippen LogP contribution in [0.2, 0.25) is 0 Å². The van der Waals surface area contributed by atoms with Crippen LogP contribution in [0.5, 0.6) is 5.75 Å². The molecule has 1 aromatic carbocycles. The second-order valence-corrected chi connectivity index (χ2v) is 4.23. The van der Waals surface area contributed by atoms with Crippen LogP contribution >= 0.6 is 0 Å². The van der Waals surface area contributed by atoms with Crippen molar-refractivity contribution < 1.29 is 9.13 Å². The minimum absolute atomic E-state index is 0.223. The van der Waals surface area contributed by atoms with Crippen LogP contribution in [-0.4, -0.2) is 26.2 Å². The first-order valence-corrected chi connectivity index (χ1v) is 5.92. The molecule has 0 fully saturated rings. The van der Waals surface area contributed by atoms with Gasteiger partial charge in [0.1, 0.15) is 0 Å². The smallest absolute Gasteiger partial charge is 0.165 e. The topological polar surface area (TPSA) is 47.3 Å². The molecule has 1 rings (SSSR count). The SMILES string of the molecule is COc1ccc(CCNCCC(C)N)cc1F. The van der Waals surface area contributed by atoms with E-state index in [1.165, 1.54) is 13.2 Å². The number of benzene rings is 1. The highest BCUT2D eigenvalue weighted by molar-refractivity contribution is 5.29. The highest BCUT2D eigenvalue weighted by Crippen LogP contribution is 2.17. The lowest BCUT2D eigenvalue weighted by Gasteiger charge is -2.08. The molecule has 0 saturated heterocycles. The van der Waals surface area contributed by atoms with Crippen molar-refractivity contribution in [3.8, 4) is 5.75 Å². The number of nitrogens with two attached hydrogens (primary N) is 1. The number of ether oxygens (including phenoxy) is 1. The summed E-state index contributed by atoms with van der Waals surface area (Å²) in [6, 6.07) is 5.29. The molecule has 0 saturated carbocycles. The summed E-state index contributed by atoms with van der Waals surface area (Å²) >= 11 is 0. The van der Waals surface area contributed by atoms with E-state index in [0.717, 1.165) is 31.5 Å². The normalized spacial score (nSPS) is 12.5. The molecule has 4 heteroatoms. The molecule has 96 valence electrons. The molecule has 0 aliphatic carbocycles. The standard InChI is InChI=1S/C13H21FN2O/c1-10(15)5-7-16-8-6-11-3-4-13(17-2)12(14)9-11/h3-4,9-10,16H,5-8,15H2,1-2H3. The lowest BCUT2D eigenvalue weighted by atomic mass is 10.1. The van der Waals surface area contributed by atoms with Crippen LogP contribution in [0.15, 0.2) is 18.2 Å². The number of methoxy groups -OCH3 is 1. The van der Waals surface area contributed by atoms with Crippen LogP contribution < -0.4 is 15.8 Å². The van der Waals surface area contributed by atoms with E-state index in [2.05, 4.69) is 5.32 Å². The fourth-order valence-corrected chi connectivity index (χ4v) is 1.55. The second-order valence-electron chi connectivity index (χ2n) is 4.23. The van der Waals surface area contributed by atoms with Gasteiger partial charge in [0.2, 0.25) is 0 Å². The Morgan fingerprint density at radius 1 is 1.41 bits per heavy atom. The van der Waals surface area contributed by atoms with Crippen molar-refractivity contribution in [3.63, 3.8) is 0 Å². The summed E-state index contributed by atoms with van der Waals surface area (Å²) in [4.78, 5) is 0. The van der Waals surface area contributed by atoms with Gasteiger partial charge in [-0.3, -0.25) is 0 Å². The molecule has 17 heavy (non-hydrogen) atoms. The summed E-state index contributed by atoms with van der Waals surface area (Å²) < 4.78 is 18.2. The zero-order chi connectivity index (χ0) is 12.7. The van der Waals surface area contributed by atoms with Gasteiger partial charge in [0.25, 0.3) is 0 Å². The van der Waals surface area contributed by atoms with Crippen molar-refractivity contribution in [2.45, 2.75) is 25.8 Å². The van der Waals surface area contributed by atoms with Gasteiger partial charge in [-0.1, -0.05) is 6.07 Å². The van der Waals surface area contributed by atoms with Crippen molar-refractivity contribution in [1.82, 2.24) is 5.32 Å². The van der Waals surface area contributed by atoms with Crippen molar-refractivity contribution in [2.24, 2.45) is 5.73 Å². The van der Waals surface area contributed by atoms with Gasteiger partial charge in [-0.25, -0.2) is 4.39 Å². The molecular weight excluding hydrogens is 219 g/mol. The minimum atomic E-state index is -0.305. The number of hydrogen-bond donors (Lipinski definition) is 2. The van der Waals surface area contributed by atoms with Crippen molar-refractivity contribution >= 4 is 0 Å².